The van der Waals surface area contributed by atoms with Crippen molar-refractivity contribution >= 4 is 16.9 Å². The van der Waals surface area contributed by atoms with Crippen LogP contribution in [0.25, 0.3) is 10.9 Å². The number of rotatable bonds is 2. The number of aromatic nitrogens is 1. The molecule has 0 amide bonds. The van der Waals surface area contributed by atoms with Gasteiger partial charge in [-0.1, -0.05) is 18.2 Å². The van der Waals surface area contributed by atoms with Crippen molar-refractivity contribution in [3.8, 4) is 0 Å². The van der Waals surface area contributed by atoms with Gasteiger partial charge in [0, 0.05) is 11.6 Å². The normalized spacial score (nSPS) is 16.0. The minimum Gasteiger partial charge on any atom is -0.459 e. The lowest BCUT2D eigenvalue weighted by atomic mass is 10.1. The fourth-order valence-electron chi connectivity index (χ4n) is 2.49. The van der Waals surface area contributed by atoms with Gasteiger partial charge >= 0.3 is 5.97 Å². The van der Waals surface area contributed by atoms with Crippen LogP contribution in [0, 0.1) is 0 Å². The number of para-hydroxylation sites is 1. The van der Waals surface area contributed by atoms with Gasteiger partial charge in [-0.15, -0.1) is 0 Å². The fourth-order valence-corrected chi connectivity index (χ4v) is 2.49. The number of esters is 1. The molecular formula is C15H15NO2. The number of hydrogen-bond acceptors (Lipinski definition) is 3. The number of carbonyl (C=O) groups is 1. The van der Waals surface area contributed by atoms with Crippen LogP contribution in [0.4, 0.5) is 0 Å². The molecule has 0 N–H and O–H groups in total. The highest BCUT2D eigenvalue weighted by Crippen LogP contribution is 2.23. The highest BCUT2D eigenvalue weighted by molar-refractivity contribution is 6.02. The zero-order valence-corrected chi connectivity index (χ0v) is 10.1. The van der Waals surface area contributed by atoms with E-state index >= 15 is 0 Å². The number of carbonyl (C=O) groups excluding carboxylic acids is 1. The molecule has 18 heavy (non-hydrogen) atoms. The van der Waals surface area contributed by atoms with Crippen molar-refractivity contribution in [3.05, 3.63) is 42.1 Å². The van der Waals surface area contributed by atoms with Crippen LogP contribution in [0.15, 0.2) is 36.5 Å². The van der Waals surface area contributed by atoms with E-state index in [1.54, 1.807) is 12.3 Å². The number of fused-ring (bicyclic) bond motifs is 1. The lowest BCUT2D eigenvalue weighted by Crippen LogP contribution is -2.15. The maximum atomic E-state index is 12.2. The first kappa shape index (κ1) is 11.2. The topological polar surface area (TPSA) is 39.2 Å². The SMILES string of the molecule is O=C(OC1CCCC1)c1cccc2cccnc12. The Morgan fingerprint density at radius 1 is 1.17 bits per heavy atom. The Morgan fingerprint density at radius 2 is 1.94 bits per heavy atom. The van der Waals surface area contributed by atoms with Crippen LogP contribution in [-0.4, -0.2) is 17.1 Å². The summed E-state index contributed by atoms with van der Waals surface area (Å²) in [6.07, 6.45) is 6.09. The van der Waals surface area contributed by atoms with Crippen molar-refractivity contribution in [1.29, 1.82) is 0 Å². The molecule has 0 radical (unpaired) electrons. The lowest BCUT2D eigenvalue weighted by molar-refractivity contribution is 0.0320. The maximum Gasteiger partial charge on any atom is 0.340 e. The predicted molar refractivity (Wildman–Crippen MR) is 69.4 cm³/mol. The van der Waals surface area contributed by atoms with E-state index in [9.17, 15) is 4.79 Å². The van der Waals surface area contributed by atoms with E-state index in [0.29, 0.717) is 5.56 Å². The number of nitrogens with zero attached hydrogens (tertiary/aromatic N) is 1. The summed E-state index contributed by atoms with van der Waals surface area (Å²) in [5, 5.41) is 0.971. The van der Waals surface area contributed by atoms with Gasteiger partial charge in [0.25, 0.3) is 0 Å². The second-order valence-corrected chi connectivity index (χ2v) is 4.69. The van der Waals surface area contributed by atoms with E-state index in [4.69, 9.17) is 4.74 Å². The average molecular weight is 241 g/mol. The van der Waals surface area contributed by atoms with Gasteiger partial charge in [0.1, 0.15) is 6.10 Å². The monoisotopic (exact) mass is 241 g/mol. The largest absolute Gasteiger partial charge is 0.459 e. The summed E-state index contributed by atoms with van der Waals surface area (Å²) in [5.41, 5.74) is 1.29. The fraction of sp³-hybridized carbons (Fsp3) is 0.333. The smallest absolute Gasteiger partial charge is 0.340 e. The van der Waals surface area contributed by atoms with Crippen molar-refractivity contribution in [3.63, 3.8) is 0 Å². The molecule has 0 bridgehead atoms. The van der Waals surface area contributed by atoms with Gasteiger partial charge in [-0.2, -0.15) is 0 Å². The third-order valence-electron chi connectivity index (χ3n) is 3.43. The third-order valence-corrected chi connectivity index (χ3v) is 3.43. The Balaban J connectivity index is 1.91. The molecule has 3 nitrogen and oxygen atoms in total. The van der Waals surface area contributed by atoms with E-state index < -0.39 is 0 Å². The van der Waals surface area contributed by atoms with Gasteiger partial charge in [-0.3, -0.25) is 4.98 Å². The number of ether oxygens (including phenoxy) is 1. The standard InChI is InChI=1S/C15H15NO2/c17-15(18-12-7-1-2-8-12)13-9-3-5-11-6-4-10-16-14(11)13/h3-6,9-10,12H,1-2,7-8H2. The molecule has 1 heterocycles. The highest BCUT2D eigenvalue weighted by Gasteiger charge is 2.21. The van der Waals surface area contributed by atoms with Crippen LogP contribution in [0.3, 0.4) is 0 Å². The first-order valence-electron chi connectivity index (χ1n) is 6.39. The summed E-state index contributed by atoms with van der Waals surface area (Å²) in [4.78, 5) is 16.4. The van der Waals surface area contributed by atoms with Crippen molar-refractivity contribution < 1.29 is 9.53 Å². The summed E-state index contributed by atoms with van der Waals surface area (Å²) >= 11 is 0. The molecule has 0 aliphatic heterocycles. The second kappa shape index (κ2) is 4.77. The average Bonchev–Trinajstić information content (AvgIpc) is 2.91. The summed E-state index contributed by atoms with van der Waals surface area (Å²) < 4.78 is 5.53. The maximum absolute atomic E-state index is 12.2. The minimum atomic E-state index is -0.244. The molecule has 0 atom stereocenters. The molecule has 1 aromatic carbocycles. The number of benzene rings is 1. The summed E-state index contributed by atoms with van der Waals surface area (Å²) in [6.45, 7) is 0. The van der Waals surface area contributed by atoms with E-state index in [-0.39, 0.29) is 12.1 Å². The van der Waals surface area contributed by atoms with Crippen LogP contribution in [0.2, 0.25) is 0 Å². The van der Waals surface area contributed by atoms with E-state index in [1.807, 2.05) is 24.3 Å². The molecule has 3 rings (SSSR count). The van der Waals surface area contributed by atoms with E-state index in [0.717, 1.165) is 36.6 Å². The van der Waals surface area contributed by atoms with E-state index in [1.165, 1.54) is 0 Å². The van der Waals surface area contributed by atoms with Crippen LogP contribution >= 0.6 is 0 Å². The van der Waals surface area contributed by atoms with Crippen LogP contribution < -0.4 is 0 Å². The number of hydrogen-bond donors (Lipinski definition) is 0. The Morgan fingerprint density at radius 3 is 2.78 bits per heavy atom. The van der Waals surface area contributed by atoms with Crippen LogP contribution in [-0.2, 0) is 4.74 Å². The Bertz CT molecular complexity index is 568. The van der Waals surface area contributed by atoms with Crippen molar-refractivity contribution in [1.82, 2.24) is 4.98 Å². The molecule has 1 fully saturated rings. The summed E-state index contributed by atoms with van der Waals surface area (Å²) in [6, 6.07) is 9.43. The van der Waals surface area contributed by atoms with Gasteiger partial charge in [-0.25, -0.2) is 4.79 Å². The molecule has 1 aliphatic rings. The zero-order chi connectivity index (χ0) is 12.4. The van der Waals surface area contributed by atoms with Gasteiger partial charge in [0.15, 0.2) is 0 Å². The molecule has 1 aromatic heterocycles. The van der Waals surface area contributed by atoms with Gasteiger partial charge in [0.2, 0.25) is 0 Å². The molecule has 0 unspecified atom stereocenters. The minimum absolute atomic E-state index is 0.0940. The van der Waals surface area contributed by atoms with Gasteiger partial charge < -0.3 is 4.74 Å². The second-order valence-electron chi connectivity index (χ2n) is 4.69. The molecule has 1 saturated carbocycles. The molecule has 2 aromatic rings. The van der Waals surface area contributed by atoms with Gasteiger partial charge in [-0.05, 0) is 37.8 Å². The van der Waals surface area contributed by atoms with E-state index in [2.05, 4.69) is 4.98 Å². The molecule has 1 aliphatic carbocycles. The van der Waals surface area contributed by atoms with Gasteiger partial charge in [0.05, 0.1) is 11.1 Å². The van der Waals surface area contributed by atoms with Crippen LogP contribution in [0.1, 0.15) is 36.0 Å². The molecular weight excluding hydrogens is 226 g/mol. The number of pyridine rings is 1. The first-order valence-corrected chi connectivity index (χ1v) is 6.39. The quantitative estimate of drug-likeness (QED) is 0.757. The van der Waals surface area contributed by atoms with Crippen molar-refractivity contribution in [2.75, 3.05) is 0 Å². The predicted octanol–water partition coefficient (Wildman–Crippen LogP) is 3.33. The Labute approximate surface area is 106 Å². The first-order chi connectivity index (χ1) is 8.84. The highest BCUT2D eigenvalue weighted by atomic mass is 16.5. The summed E-state index contributed by atoms with van der Waals surface area (Å²) in [7, 11) is 0. The molecule has 3 heteroatoms. The zero-order valence-electron chi connectivity index (χ0n) is 10.1. The Kier molecular flexibility index (Phi) is 2.97. The Hall–Kier alpha value is -1.90. The van der Waals surface area contributed by atoms with Crippen molar-refractivity contribution in [2.24, 2.45) is 0 Å². The molecule has 92 valence electrons. The van der Waals surface area contributed by atoms with Crippen molar-refractivity contribution in [2.45, 2.75) is 31.8 Å². The van der Waals surface area contributed by atoms with Crippen LogP contribution in [0.5, 0.6) is 0 Å². The molecule has 0 saturated heterocycles. The lowest BCUT2D eigenvalue weighted by Gasteiger charge is -2.12. The third kappa shape index (κ3) is 2.08. The summed E-state index contributed by atoms with van der Waals surface area (Å²) in [5.74, 6) is -0.244. The molecule has 0 spiro atoms.